The summed E-state index contributed by atoms with van der Waals surface area (Å²) >= 11 is 7.68. The molecule has 21 heavy (non-hydrogen) atoms. The lowest BCUT2D eigenvalue weighted by molar-refractivity contribution is 0.340. The van der Waals surface area contributed by atoms with Crippen molar-refractivity contribution in [2.45, 2.75) is 6.92 Å². The van der Waals surface area contributed by atoms with Crippen LogP contribution in [0.4, 0.5) is 5.88 Å². The van der Waals surface area contributed by atoms with Crippen LogP contribution in [0.2, 0.25) is 5.02 Å². The van der Waals surface area contributed by atoms with E-state index < -0.39 is 0 Å². The van der Waals surface area contributed by atoms with E-state index in [1.165, 1.54) is 11.3 Å². The number of anilines is 1. The molecule has 0 spiro atoms. The molecule has 0 saturated carbocycles. The Morgan fingerprint density at radius 2 is 2.05 bits per heavy atom. The van der Waals surface area contributed by atoms with Crippen molar-refractivity contribution >= 4 is 28.8 Å². The first-order valence-corrected chi connectivity index (χ1v) is 7.68. The molecule has 0 radical (unpaired) electrons. The van der Waals surface area contributed by atoms with E-state index in [0.717, 1.165) is 21.8 Å². The molecule has 0 unspecified atom stereocenters. The molecule has 0 saturated heterocycles. The molecule has 2 aromatic heterocycles. The topological polar surface area (TPSA) is 61.3 Å². The minimum Gasteiger partial charge on any atom is -0.494 e. The molecule has 0 aliphatic carbocycles. The van der Waals surface area contributed by atoms with Crippen LogP contribution in [0, 0.1) is 0 Å². The molecule has 0 atom stereocenters. The van der Waals surface area contributed by atoms with Gasteiger partial charge in [0.15, 0.2) is 0 Å². The summed E-state index contributed by atoms with van der Waals surface area (Å²) in [5, 5.41) is 6.60. The SMILES string of the molecule is CCOc1ccc(-c2c(-c3sccc3Cl)noc2N)cc1. The van der Waals surface area contributed by atoms with E-state index in [2.05, 4.69) is 5.16 Å². The maximum absolute atomic E-state index is 6.18. The lowest BCUT2D eigenvalue weighted by Crippen LogP contribution is -1.91. The smallest absolute Gasteiger partial charge is 0.230 e. The number of benzene rings is 1. The summed E-state index contributed by atoms with van der Waals surface area (Å²) in [6.07, 6.45) is 0. The predicted molar refractivity (Wildman–Crippen MR) is 85.8 cm³/mol. The van der Waals surface area contributed by atoms with Gasteiger partial charge in [-0.25, -0.2) is 0 Å². The van der Waals surface area contributed by atoms with Gasteiger partial charge < -0.3 is 15.0 Å². The summed E-state index contributed by atoms with van der Waals surface area (Å²) in [4.78, 5) is 0.848. The highest BCUT2D eigenvalue weighted by atomic mass is 35.5. The van der Waals surface area contributed by atoms with E-state index in [-0.39, 0.29) is 5.88 Å². The molecule has 3 aromatic rings. The van der Waals surface area contributed by atoms with E-state index in [1.54, 1.807) is 0 Å². The van der Waals surface area contributed by atoms with Crippen LogP contribution >= 0.6 is 22.9 Å². The summed E-state index contributed by atoms with van der Waals surface area (Å²) in [6, 6.07) is 9.47. The third-order valence-electron chi connectivity index (χ3n) is 3.00. The second-order valence-electron chi connectivity index (χ2n) is 4.33. The second-order valence-corrected chi connectivity index (χ2v) is 5.65. The molecule has 2 N–H and O–H groups in total. The highest BCUT2D eigenvalue weighted by Crippen LogP contribution is 2.41. The van der Waals surface area contributed by atoms with Crippen molar-refractivity contribution in [1.29, 1.82) is 0 Å². The lowest BCUT2D eigenvalue weighted by Gasteiger charge is -2.05. The highest BCUT2D eigenvalue weighted by molar-refractivity contribution is 7.14. The molecule has 0 aliphatic heterocycles. The molecular formula is C15H13ClN2O2S. The number of ether oxygens (including phenoxy) is 1. The van der Waals surface area contributed by atoms with Crippen molar-refractivity contribution in [3.8, 4) is 27.4 Å². The number of aromatic nitrogens is 1. The number of hydrogen-bond acceptors (Lipinski definition) is 5. The Kier molecular flexibility index (Phi) is 3.86. The number of rotatable bonds is 4. The van der Waals surface area contributed by atoms with Crippen LogP contribution in [-0.4, -0.2) is 11.8 Å². The van der Waals surface area contributed by atoms with Gasteiger partial charge in [-0.3, -0.25) is 0 Å². The minimum atomic E-state index is 0.277. The van der Waals surface area contributed by atoms with Crippen molar-refractivity contribution in [2.24, 2.45) is 0 Å². The van der Waals surface area contributed by atoms with E-state index in [0.29, 0.717) is 17.3 Å². The van der Waals surface area contributed by atoms with E-state index in [1.807, 2.05) is 42.6 Å². The van der Waals surface area contributed by atoms with Gasteiger partial charge in [0.05, 0.1) is 22.1 Å². The van der Waals surface area contributed by atoms with E-state index in [9.17, 15) is 0 Å². The van der Waals surface area contributed by atoms with Crippen molar-refractivity contribution < 1.29 is 9.26 Å². The zero-order chi connectivity index (χ0) is 14.8. The molecule has 0 fully saturated rings. The van der Waals surface area contributed by atoms with Gasteiger partial charge >= 0.3 is 0 Å². The van der Waals surface area contributed by atoms with Crippen LogP contribution in [0.3, 0.4) is 0 Å². The monoisotopic (exact) mass is 320 g/mol. The van der Waals surface area contributed by atoms with Crippen LogP contribution in [0.25, 0.3) is 21.7 Å². The fraction of sp³-hybridized carbons (Fsp3) is 0.133. The largest absolute Gasteiger partial charge is 0.494 e. The third-order valence-corrected chi connectivity index (χ3v) is 4.35. The average molecular weight is 321 g/mol. The van der Waals surface area contributed by atoms with Crippen molar-refractivity contribution in [1.82, 2.24) is 5.16 Å². The lowest BCUT2D eigenvalue weighted by atomic mass is 10.0. The first kappa shape index (κ1) is 14.0. The zero-order valence-corrected chi connectivity index (χ0v) is 12.9. The average Bonchev–Trinajstić information content (AvgIpc) is 3.06. The Morgan fingerprint density at radius 3 is 2.67 bits per heavy atom. The first-order valence-electron chi connectivity index (χ1n) is 6.42. The van der Waals surface area contributed by atoms with Gasteiger partial charge in [-0.05, 0) is 36.1 Å². The summed E-state index contributed by atoms with van der Waals surface area (Å²) in [5.74, 6) is 1.09. The summed E-state index contributed by atoms with van der Waals surface area (Å²) in [5.41, 5.74) is 8.26. The van der Waals surface area contributed by atoms with Gasteiger partial charge in [0.2, 0.25) is 5.88 Å². The van der Waals surface area contributed by atoms with Crippen molar-refractivity contribution in [2.75, 3.05) is 12.3 Å². The van der Waals surface area contributed by atoms with E-state index >= 15 is 0 Å². The van der Waals surface area contributed by atoms with Gasteiger partial charge in [-0.2, -0.15) is 0 Å². The molecule has 1 aromatic carbocycles. The standard InChI is InChI=1S/C15H13ClN2O2S/c1-2-19-10-5-3-9(4-6-10)12-13(18-20-15(12)17)14-11(16)7-8-21-14/h3-8H,2,17H2,1H3. The summed E-state index contributed by atoms with van der Waals surface area (Å²) < 4.78 is 10.6. The van der Waals surface area contributed by atoms with E-state index in [4.69, 9.17) is 26.6 Å². The van der Waals surface area contributed by atoms with Gasteiger partial charge in [-0.1, -0.05) is 28.9 Å². The Hall–Kier alpha value is -1.98. The van der Waals surface area contributed by atoms with Crippen LogP contribution in [0.15, 0.2) is 40.2 Å². The quantitative estimate of drug-likeness (QED) is 0.756. The molecule has 2 heterocycles. The highest BCUT2D eigenvalue weighted by Gasteiger charge is 2.20. The Bertz CT molecular complexity index is 749. The fourth-order valence-electron chi connectivity index (χ4n) is 2.08. The summed E-state index contributed by atoms with van der Waals surface area (Å²) in [7, 11) is 0. The van der Waals surface area contributed by atoms with Crippen molar-refractivity contribution in [3.05, 3.63) is 40.7 Å². The van der Waals surface area contributed by atoms with Crippen LogP contribution < -0.4 is 10.5 Å². The van der Waals surface area contributed by atoms with Gasteiger partial charge in [0.1, 0.15) is 11.4 Å². The molecular weight excluding hydrogens is 308 g/mol. The van der Waals surface area contributed by atoms with Gasteiger partial charge in [-0.15, -0.1) is 11.3 Å². The molecule has 6 heteroatoms. The summed E-state index contributed by atoms with van der Waals surface area (Å²) in [6.45, 7) is 2.58. The second kappa shape index (κ2) is 5.79. The molecule has 0 amide bonds. The maximum Gasteiger partial charge on any atom is 0.230 e. The molecule has 0 bridgehead atoms. The molecule has 108 valence electrons. The van der Waals surface area contributed by atoms with Crippen LogP contribution in [0.1, 0.15) is 6.92 Å². The van der Waals surface area contributed by atoms with Crippen LogP contribution in [-0.2, 0) is 0 Å². The van der Waals surface area contributed by atoms with Crippen molar-refractivity contribution in [3.63, 3.8) is 0 Å². The normalized spacial score (nSPS) is 10.8. The predicted octanol–water partition coefficient (Wildman–Crippen LogP) is 4.70. The molecule has 3 rings (SSSR count). The Balaban J connectivity index is 2.06. The minimum absolute atomic E-state index is 0.277. The van der Waals surface area contributed by atoms with Gasteiger partial charge in [0.25, 0.3) is 0 Å². The number of halogens is 1. The number of nitrogens with zero attached hydrogens (tertiary/aromatic N) is 1. The fourth-order valence-corrected chi connectivity index (χ4v) is 3.22. The number of nitrogen functional groups attached to an aromatic ring is 1. The molecule has 4 nitrogen and oxygen atoms in total. The number of nitrogens with two attached hydrogens (primary N) is 1. The Labute approximate surface area is 131 Å². The Morgan fingerprint density at radius 1 is 1.29 bits per heavy atom. The third kappa shape index (κ3) is 2.62. The van der Waals surface area contributed by atoms with Gasteiger partial charge in [0, 0.05) is 0 Å². The zero-order valence-electron chi connectivity index (χ0n) is 11.3. The first-order chi connectivity index (χ1) is 10.2. The number of thiophene rings is 1. The van der Waals surface area contributed by atoms with Crippen LogP contribution in [0.5, 0.6) is 5.75 Å². The number of hydrogen-bond donors (Lipinski definition) is 1. The molecule has 0 aliphatic rings. The maximum atomic E-state index is 6.18.